The van der Waals surface area contributed by atoms with Crippen LogP contribution in [0.5, 0.6) is 0 Å². The van der Waals surface area contributed by atoms with Crippen LogP contribution in [0.4, 0.5) is 11.4 Å². The van der Waals surface area contributed by atoms with Crippen LogP contribution in [-0.2, 0) is 22.7 Å². The molecule has 0 radical (unpaired) electrons. The molecule has 2 N–H and O–H groups in total. The molecule has 3 aromatic carbocycles. The lowest BCUT2D eigenvalue weighted by atomic mass is 9.79. The molecule has 5 amide bonds. The van der Waals surface area contributed by atoms with Gasteiger partial charge in [-0.05, 0) is 116 Å². The predicted octanol–water partition coefficient (Wildman–Crippen LogP) is 5.41. The molecule has 290 valence electrons. The van der Waals surface area contributed by atoms with Crippen molar-refractivity contribution in [3.8, 4) is 6.07 Å². The van der Waals surface area contributed by atoms with Crippen LogP contribution in [0, 0.1) is 16.7 Å². The summed E-state index contributed by atoms with van der Waals surface area (Å²) in [6.07, 6.45) is 5.94. The number of anilines is 2. The summed E-state index contributed by atoms with van der Waals surface area (Å²) in [6, 6.07) is 18.7. The first kappa shape index (κ1) is 37.7. The van der Waals surface area contributed by atoms with E-state index in [0.717, 1.165) is 85.6 Å². The number of amides is 5. The normalized spacial score (nSPS) is 23.4. The number of piperidine rings is 2. The average molecular weight is 776 g/mol. The predicted molar refractivity (Wildman–Crippen MR) is 211 cm³/mol. The number of imide groups is 2. The van der Waals surface area contributed by atoms with E-state index in [1.807, 2.05) is 48.5 Å². The fraction of sp³-hybridized carbons (Fsp3) is 0.442. The molecule has 0 aromatic heterocycles. The highest BCUT2D eigenvalue weighted by atomic mass is 35.5. The number of benzene rings is 3. The van der Waals surface area contributed by atoms with Gasteiger partial charge in [-0.15, -0.1) is 0 Å². The topological polar surface area (TPSA) is 146 Å². The highest BCUT2D eigenvalue weighted by Crippen LogP contribution is 2.38. The number of hydrogen-bond donors (Lipinski definition) is 2. The molecular formula is C43H46ClN7O5. The van der Waals surface area contributed by atoms with E-state index in [-0.39, 0.29) is 36.1 Å². The summed E-state index contributed by atoms with van der Waals surface area (Å²) >= 11 is 6.27. The Balaban J connectivity index is 0.801. The third-order valence-electron chi connectivity index (χ3n) is 12.7. The van der Waals surface area contributed by atoms with E-state index in [2.05, 4.69) is 45.4 Å². The number of halogens is 1. The molecule has 1 atom stereocenters. The van der Waals surface area contributed by atoms with Gasteiger partial charge in [0.05, 0.1) is 21.7 Å². The number of carbonyl (C=O) groups is 5. The first-order valence-corrected chi connectivity index (χ1v) is 20.0. The van der Waals surface area contributed by atoms with Crippen molar-refractivity contribution in [3.63, 3.8) is 0 Å². The summed E-state index contributed by atoms with van der Waals surface area (Å²) in [4.78, 5) is 72.0. The molecule has 12 nitrogen and oxygen atoms in total. The van der Waals surface area contributed by atoms with Crippen LogP contribution >= 0.6 is 11.6 Å². The maximum Gasteiger partial charge on any atom is 0.262 e. The molecular weight excluding hydrogens is 730 g/mol. The lowest BCUT2D eigenvalue weighted by molar-refractivity contribution is -0.136. The molecule has 0 bridgehead atoms. The summed E-state index contributed by atoms with van der Waals surface area (Å²) in [6.45, 7) is 6.42. The summed E-state index contributed by atoms with van der Waals surface area (Å²) in [5.74, 6) is -1.97. The van der Waals surface area contributed by atoms with Crippen LogP contribution in [0.25, 0.3) is 0 Å². The molecule has 4 aliphatic heterocycles. The fourth-order valence-electron chi connectivity index (χ4n) is 9.28. The van der Waals surface area contributed by atoms with Crippen molar-refractivity contribution in [1.82, 2.24) is 20.4 Å². The molecule has 2 saturated heterocycles. The maximum atomic E-state index is 13.3. The average Bonchev–Trinajstić information content (AvgIpc) is 3.69. The Morgan fingerprint density at radius 2 is 1.57 bits per heavy atom. The van der Waals surface area contributed by atoms with E-state index in [4.69, 9.17) is 11.6 Å². The highest BCUT2D eigenvalue weighted by molar-refractivity contribution is 6.32. The van der Waals surface area contributed by atoms with E-state index in [1.165, 1.54) is 0 Å². The van der Waals surface area contributed by atoms with Gasteiger partial charge >= 0.3 is 0 Å². The molecule has 0 spiro atoms. The Morgan fingerprint density at radius 1 is 0.929 bits per heavy atom. The number of fused-ring (bicyclic) bond motifs is 2. The number of rotatable bonds is 8. The minimum Gasteiger partial charge on any atom is -0.372 e. The molecule has 1 unspecified atom stereocenters. The van der Waals surface area contributed by atoms with Crippen molar-refractivity contribution in [3.05, 3.63) is 93.0 Å². The molecule has 13 heteroatoms. The van der Waals surface area contributed by atoms with Gasteiger partial charge in [0.25, 0.3) is 17.7 Å². The minimum absolute atomic E-state index is 0.0457. The smallest absolute Gasteiger partial charge is 0.262 e. The van der Waals surface area contributed by atoms with Gasteiger partial charge in [-0.25, -0.2) is 0 Å². The van der Waals surface area contributed by atoms with E-state index in [9.17, 15) is 29.2 Å². The number of carbonyl (C=O) groups excluding carboxylic acids is 5. The van der Waals surface area contributed by atoms with E-state index < -0.39 is 23.8 Å². The Bertz CT molecular complexity index is 2100. The summed E-state index contributed by atoms with van der Waals surface area (Å²) in [5, 5.41) is 15.1. The van der Waals surface area contributed by atoms with Crippen molar-refractivity contribution >= 4 is 52.5 Å². The van der Waals surface area contributed by atoms with Crippen LogP contribution in [0.1, 0.15) is 106 Å². The van der Waals surface area contributed by atoms with Crippen LogP contribution in [0.15, 0.2) is 54.6 Å². The van der Waals surface area contributed by atoms with Gasteiger partial charge < -0.3 is 15.1 Å². The standard InChI is InChI=1S/C43H46ClN7O5/c1-43(25-49-23-28-19-34-35(20-29(28)24-49)42(56)51(41(34)55)37-13-14-38(52)47-40(37)54)15-17-50(18-16-43)32-8-3-26(4-9-32)39(53)46-30-6-11-31(12-7-30)48(2)33-10-5-27(22-45)36(44)21-33/h3-5,8-10,19-21,30-31,37H,6-7,11-18,23-25H2,1-2H3,(H,46,53)(H,47,52,54). The maximum absolute atomic E-state index is 13.3. The molecule has 1 aliphatic carbocycles. The number of nitrogens with one attached hydrogen (secondary N) is 2. The van der Waals surface area contributed by atoms with E-state index in [0.29, 0.717) is 46.4 Å². The van der Waals surface area contributed by atoms with Gasteiger partial charge in [0.1, 0.15) is 12.1 Å². The Labute approximate surface area is 331 Å². The molecule has 5 aliphatic rings. The zero-order chi connectivity index (χ0) is 39.3. The first-order valence-electron chi connectivity index (χ1n) is 19.6. The van der Waals surface area contributed by atoms with Gasteiger partial charge in [-0.1, -0.05) is 18.5 Å². The van der Waals surface area contributed by atoms with Gasteiger partial charge in [-0.3, -0.25) is 39.1 Å². The van der Waals surface area contributed by atoms with Crippen LogP contribution in [-0.4, -0.2) is 84.1 Å². The quantitative estimate of drug-likeness (QED) is 0.287. The van der Waals surface area contributed by atoms with Crippen molar-refractivity contribution in [2.24, 2.45) is 5.41 Å². The third kappa shape index (κ3) is 7.26. The minimum atomic E-state index is -0.965. The zero-order valence-electron chi connectivity index (χ0n) is 31.8. The lowest BCUT2D eigenvalue weighted by Gasteiger charge is -2.42. The second-order valence-electron chi connectivity index (χ2n) is 16.5. The van der Waals surface area contributed by atoms with Gasteiger partial charge in [0, 0.05) is 75.2 Å². The molecule has 56 heavy (non-hydrogen) atoms. The molecule has 1 saturated carbocycles. The summed E-state index contributed by atoms with van der Waals surface area (Å²) in [7, 11) is 2.06. The lowest BCUT2D eigenvalue weighted by Crippen LogP contribution is -2.54. The van der Waals surface area contributed by atoms with Crippen LogP contribution in [0.2, 0.25) is 5.02 Å². The fourth-order valence-corrected chi connectivity index (χ4v) is 9.49. The molecule has 4 heterocycles. The third-order valence-corrected chi connectivity index (χ3v) is 13.0. The highest BCUT2D eigenvalue weighted by Gasteiger charge is 2.45. The Kier molecular flexibility index (Phi) is 10.1. The molecule has 3 fully saturated rings. The van der Waals surface area contributed by atoms with E-state index >= 15 is 0 Å². The number of nitriles is 1. The van der Waals surface area contributed by atoms with Gasteiger partial charge in [-0.2, -0.15) is 5.26 Å². The van der Waals surface area contributed by atoms with Crippen molar-refractivity contribution in [1.29, 1.82) is 5.26 Å². The Hall–Kier alpha value is -5.25. The van der Waals surface area contributed by atoms with Crippen LogP contribution < -0.4 is 20.4 Å². The largest absolute Gasteiger partial charge is 0.372 e. The second kappa shape index (κ2) is 15.0. The number of nitrogens with zero attached hydrogens (tertiary/aromatic N) is 5. The molecule has 3 aromatic rings. The summed E-state index contributed by atoms with van der Waals surface area (Å²) in [5.41, 5.74) is 6.06. The monoisotopic (exact) mass is 775 g/mol. The van der Waals surface area contributed by atoms with E-state index in [1.54, 1.807) is 6.07 Å². The van der Waals surface area contributed by atoms with Gasteiger partial charge in [0.2, 0.25) is 11.8 Å². The zero-order valence-corrected chi connectivity index (χ0v) is 32.5. The van der Waals surface area contributed by atoms with Gasteiger partial charge in [0.15, 0.2) is 0 Å². The second-order valence-corrected chi connectivity index (χ2v) is 16.9. The summed E-state index contributed by atoms with van der Waals surface area (Å²) < 4.78 is 0. The van der Waals surface area contributed by atoms with Crippen LogP contribution in [0.3, 0.4) is 0 Å². The molecule has 8 rings (SSSR count). The van der Waals surface area contributed by atoms with Crippen molar-refractivity contribution in [2.45, 2.75) is 89.5 Å². The Morgan fingerprint density at radius 3 is 2.16 bits per heavy atom. The number of hydrogen-bond acceptors (Lipinski definition) is 9. The van der Waals surface area contributed by atoms with Crippen molar-refractivity contribution < 1.29 is 24.0 Å². The van der Waals surface area contributed by atoms with Crippen molar-refractivity contribution in [2.75, 3.05) is 36.5 Å². The SMILES string of the molecule is CN(c1ccc(C#N)c(Cl)c1)C1CCC(NC(=O)c2ccc(N3CCC(C)(CN4Cc5cc6c(cc5C4)C(=O)N(C4CCC(=O)NC4=O)C6=O)CC3)cc2)CC1. The first-order chi connectivity index (χ1) is 26.9.